The Kier molecular flexibility index (Phi) is 7.74. The first-order valence-electron chi connectivity index (χ1n) is 9.20. The van der Waals surface area contributed by atoms with Gasteiger partial charge >= 0.3 is 0 Å². The van der Waals surface area contributed by atoms with Crippen LogP contribution in [0.15, 0.2) is 84.0 Å². The molecule has 0 fully saturated rings. The van der Waals surface area contributed by atoms with Crippen LogP contribution in [0.1, 0.15) is 5.56 Å². The first-order valence-corrected chi connectivity index (χ1v) is 9.96. The third-order valence-corrected chi connectivity index (χ3v) is 4.84. The van der Waals surface area contributed by atoms with Gasteiger partial charge in [-0.3, -0.25) is 0 Å². The molecule has 1 aromatic heterocycles. The number of pyridine rings is 1. The van der Waals surface area contributed by atoms with Crippen LogP contribution >= 0.6 is 40.2 Å². The van der Waals surface area contributed by atoms with Crippen molar-refractivity contribution in [2.45, 2.75) is 6.54 Å². The molecule has 0 aliphatic rings. The van der Waals surface area contributed by atoms with Gasteiger partial charge in [-0.05, 0) is 46.7 Å². The lowest BCUT2D eigenvalue weighted by atomic mass is 10.1. The van der Waals surface area contributed by atoms with Gasteiger partial charge in [-0.25, -0.2) is 9.98 Å². The summed E-state index contributed by atoms with van der Waals surface area (Å²) in [6, 6.07) is 23.5. The zero-order valence-corrected chi connectivity index (χ0v) is 19.5. The quantitative estimate of drug-likeness (QED) is 0.224. The van der Waals surface area contributed by atoms with Crippen molar-refractivity contribution in [2.75, 3.05) is 5.32 Å². The monoisotopic (exact) mass is 516 g/mol. The van der Waals surface area contributed by atoms with Crippen molar-refractivity contribution in [1.82, 2.24) is 4.98 Å². The van der Waals surface area contributed by atoms with E-state index in [1.165, 1.54) is 11.6 Å². The molecule has 0 atom stereocenters. The highest BCUT2D eigenvalue weighted by Crippen LogP contribution is 2.26. The fraction of sp³-hybridized carbons (Fsp3) is 0.0435. The van der Waals surface area contributed by atoms with E-state index < -0.39 is 0 Å². The molecule has 0 bridgehead atoms. The Balaban J connectivity index is 0.00000272. The second-order valence-electron chi connectivity index (χ2n) is 6.57. The third kappa shape index (κ3) is 6.10. The molecule has 3 N–H and O–H groups in total. The van der Waals surface area contributed by atoms with Gasteiger partial charge in [0.05, 0.1) is 16.6 Å². The normalized spacial score (nSPS) is 11.1. The molecule has 5 nitrogen and oxygen atoms in total. The molecule has 3 aromatic carbocycles. The zero-order valence-electron chi connectivity index (χ0n) is 16.3. The van der Waals surface area contributed by atoms with E-state index in [2.05, 4.69) is 27.4 Å². The predicted molar refractivity (Wildman–Crippen MR) is 134 cm³/mol. The van der Waals surface area contributed by atoms with Gasteiger partial charge in [0.25, 0.3) is 0 Å². The van der Waals surface area contributed by atoms with Crippen LogP contribution in [0, 0.1) is 0 Å². The summed E-state index contributed by atoms with van der Waals surface area (Å²) in [6.07, 6.45) is 1.48. The second kappa shape index (κ2) is 10.5. The molecule has 0 spiro atoms. The average Bonchev–Trinajstić information content (AvgIpc) is 2.74. The molecule has 0 aliphatic heterocycles. The van der Waals surface area contributed by atoms with E-state index in [9.17, 15) is 0 Å². The number of nitrogens with one attached hydrogen (secondary N) is 1. The number of aliphatic imine (C=N–C) groups is 1. The SMILES string of the molecule is Br.NC(=NCc1cccc(Oc2ccc3ccccc3c2)c1)Nc1ncc(Cl)cc1Cl. The molecule has 0 unspecified atom stereocenters. The highest BCUT2D eigenvalue weighted by Gasteiger charge is 2.05. The molecule has 31 heavy (non-hydrogen) atoms. The van der Waals surface area contributed by atoms with E-state index in [1.54, 1.807) is 6.07 Å². The van der Waals surface area contributed by atoms with Gasteiger partial charge in [-0.15, -0.1) is 17.0 Å². The van der Waals surface area contributed by atoms with E-state index >= 15 is 0 Å². The maximum Gasteiger partial charge on any atom is 0.194 e. The molecule has 4 rings (SSSR count). The fourth-order valence-corrected chi connectivity index (χ4v) is 3.35. The molecule has 8 heteroatoms. The Bertz CT molecular complexity index is 1230. The number of hydrogen-bond acceptors (Lipinski definition) is 3. The van der Waals surface area contributed by atoms with Crippen molar-refractivity contribution >= 4 is 62.7 Å². The summed E-state index contributed by atoms with van der Waals surface area (Å²) in [6.45, 7) is 0.374. The van der Waals surface area contributed by atoms with Crippen LogP contribution in [-0.4, -0.2) is 10.9 Å². The number of guanidine groups is 1. The summed E-state index contributed by atoms with van der Waals surface area (Å²) in [5.41, 5.74) is 6.90. The van der Waals surface area contributed by atoms with Crippen LogP contribution < -0.4 is 15.8 Å². The van der Waals surface area contributed by atoms with Gasteiger partial charge in [0.1, 0.15) is 11.5 Å². The number of fused-ring (bicyclic) bond motifs is 1. The van der Waals surface area contributed by atoms with Gasteiger partial charge in [-0.2, -0.15) is 0 Å². The molecule has 0 saturated heterocycles. The average molecular weight is 518 g/mol. The van der Waals surface area contributed by atoms with Crippen molar-refractivity contribution in [3.63, 3.8) is 0 Å². The zero-order chi connectivity index (χ0) is 20.9. The Labute approximate surface area is 200 Å². The highest BCUT2D eigenvalue weighted by atomic mass is 79.9. The first-order chi connectivity index (χ1) is 14.6. The summed E-state index contributed by atoms with van der Waals surface area (Å²) >= 11 is 11.9. The molecule has 0 saturated carbocycles. The van der Waals surface area contributed by atoms with Crippen LogP contribution in [-0.2, 0) is 6.54 Å². The van der Waals surface area contributed by atoms with Crippen LogP contribution in [0.4, 0.5) is 5.82 Å². The third-order valence-electron chi connectivity index (χ3n) is 4.34. The molecule has 0 aliphatic carbocycles. The molecular weight excluding hydrogens is 499 g/mol. The maximum atomic E-state index is 6.09. The summed E-state index contributed by atoms with van der Waals surface area (Å²) in [7, 11) is 0. The number of rotatable bonds is 5. The topological polar surface area (TPSA) is 72.5 Å². The maximum absolute atomic E-state index is 6.09. The Morgan fingerprint density at radius 3 is 2.52 bits per heavy atom. The lowest BCUT2D eigenvalue weighted by Crippen LogP contribution is -2.23. The van der Waals surface area contributed by atoms with Crippen molar-refractivity contribution in [3.8, 4) is 11.5 Å². The Morgan fingerprint density at radius 2 is 1.71 bits per heavy atom. The molecule has 0 amide bonds. The minimum absolute atomic E-state index is 0. The number of benzene rings is 3. The lowest BCUT2D eigenvalue weighted by Gasteiger charge is -2.09. The number of halogens is 3. The Morgan fingerprint density at radius 1 is 0.935 bits per heavy atom. The van der Waals surface area contributed by atoms with Crippen molar-refractivity contribution in [3.05, 3.63) is 94.6 Å². The molecule has 0 radical (unpaired) electrons. The number of ether oxygens (including phenoxy) is 1. The molecular formula is C23H19BrCl2N4O. The largest absolute Gasteiger partial charge is 0.457 e. The highest BCUT2D eigenvalue weighted by molar-refractivity contribution is 8.93. The summed E-state index contributed by atoms with van der Waals surface area (Å²) < 4.78 is 6.02. The molecule has 158 valence electrons. The van der Waals surface area contributed by atoms with Crippen molar-refractivity contribution in [2.24, 2.45) is 10.7 Å². The summed E-state index contributed by atoms with van der Waals surface area (Å²) in [4.78, 5) is 8.44. The first kappa shape index (κ1) is 22.9. The number of anilines is 1. The minimum atomic E-state index is 0. The van der Waals surface area contributed by atoms with E-state index in [0.29, 0.717) is 22.4 Å². The standard InChI is InChI=1S/C23H18Cl2N4O.BrH/c24-18-12-21(25)22(27-14-18)29-23(26)28-13-15-4-3-7-19(10-15)30-20-9-8-16-5-1-2-6-17(16)11-20;/h1-12,14H,13H2,(H3,26,27,28,29);1H. The number of nitrogens with zero attached hydrogens (tertiary/aromatic N) is 2. The summed E-state index contributed by atoms with van der Waals surface area (Å²) in [5.74, 6) is 2.11. The van der Waals surface area contributed by atoms with Gasteiger partial charge in [0.15, 0.2) is 11.8 Å². The van der Waals surface area contributed by atoms with E-state index in [0.717, 1.165) is 22.4 Å². The van der Waals surface area contributed by atoms with Gasteiger partial charge in [0, 0.05) is 6.20 Å². The van der Waals surface area contributed by atoms with Crippen LogP contribution in [0.25, 0.3) is 10.8 Å². The fourth-order valence-electron chi connectivity index (χ4n) is 2.92. The van der Waals surface area contributed by atoms with Crippen LogP contribution in [0.5, 0.6) is 11.5 Å². The number of hydrogen-bond donors (Lipinski definition) is 2. The smallest absolute Gasteiger partial charge is 0.194 e. The predicted octanol–water partition coefficient (Wildman–Crippen LogP) is 6.84. The number of aromatic nitrogens is 1. The molecule has 1 heterocycles. The lowest BCUT2D eigenvalue weighted by molar-refractivity contribution is 0.483. The molecule has 4 aromatic rings. The van der Waals surface area contributed by atoms with Gasteiger partial charge in [0.2, 0.25) is 0 Å². The van der Waals surface area contributed by atoms with E-state index in [-0.39, 0.29) is 22.9 Å². The van der Waals surface area contributed by atoms with Crippen molar-refractivity contribution < 1.29 is 4.74 Å². The van der Waals surface area contributed by atoms with Crippen molar-refractivity contribution in [1.29, 1.82) is 0 Å². The summed E-state index contributed by atoms with van der Waals surface area (Å²) in [5, 5.41) is 5.99. The van der Waals surface area contributed by atoms with Crippen LogP contribution in [0.3, 0.4) is 0 Å². The van der Waals surface area contributed by atoms with E-state index in [4.69, 9.17) is 33.7 Å². The minimum Gasteiger partial charge on any atom is -0.457 e. The van der Waals surface area contributed by atoms with Gasteiger partial charge < -0.3 is 15.8 Å². The van der Waals surface area contributed by atoms with Gasteiger partial charge in [-0.1, -0.05) is 65.7 Å². The number of nitrogens with two attached hydrogens (primary N) is 1. The van der Waals surface area contributed by atoms with E-state index in [1.807, 2.05) is 54.6 Å². The van der Waals surface area contributed by atoms with Crippen LogP contribution in [0.2, 0.25) is 10.0 Å². The second-order valence-corrected chi connectivity index (χ2v) is 7.41. The Hall–Kier alpha value is -2.80.